The van der Waals surface area contributed by atoms with E-state index in [1.165, 1.54) is 38.5 Å². The molecule has 0 radical (unpaired) electrons. The molecule has 3 nitrogen and oxygen atoms in total. The molecule has 2 rings (SSSR count). The minimum absolute atomic E-state index is 0.459. The van der Waals surface area contributed by atoms with Gasteiger partial charge in [0.2, 0.25) is 0 Å². The van der Waals surface area contributed by atoms with Crippen molar-refractivity contribution in [1.82, 2.24) is 10.2 Å². The van der Waals surface area contributed by atoms with Gasteiger partial charge in [-0.05, 0) is 46.1 Å². The Kier molecular flexibility index (Phi) is 5.46. The second-order valence-corrected chi connectivity index (χ2v) is 6.22. The highest BCUT2D eigenvalue weighted by Gasteiger charge is 2.29. The van der Waals surface area contributed by atoms with Crippen molar-refractivity contribution in [1.29, 1.82) is 0 Å². The summed E-state index contributed by atoms with van der Waals surface area (Å²) in [5, 5.41) is 3.58. The standard InChI is InChI=1S/C15H30N2O/c1-4-5-12(2)17(3)11-15-9-8-14(18-15)10-16-13-6-7-13/h12-16H,4-11H2,1-3H3. The third-order valence-electron chi connectivity index (χ3n) is 4.36. The first-order valence-corrected chi connectivity index (χ1v) is 7.78. The number of hydrogen-bond donors (Lipinski definition) is 1. The van der Waals surface area contributed by atoms with Crippen LogP contribution in [0.4, 0.5) is 0 Å². The lowest BCUT2D eigenvalue weighted by Gasteiger charge is -2.27. The van der Waals surface area contributed by atoms with Crippen molar-refractivity contribution in [3.63, 3.8) is 0 Å². The summed E-state index contributed by atoms with van der Waals surface area (Å²) in [6, 6.07) is 1.49. The van der Waals surface area contributed by atoms with Crippen molar-refractivity contribution in [2.75, 3.05) is 20.1 Å². The molecule has 2 fully saturated rings. The number of hydrogen-bond acceptors (Lipinski definition) is 3. The summed E-state index contributed by atoms with van der Waals surface area (Å²) in [5.41, 5.74) is 0. The van der Waals surface area contributed by atoms with Crippen molar-refractivity contribution >= 4 is 0 Å². The summed E-state index contributed by atoms with van der Waals surface area (Å²) in [6.45, 7) is 6.75. The fourth-order valence-electron chi connectivity index (χ4n) is 2.79. The molecule has 2 aliphatic rings. The van der Waals surface area contributed by atoms with Crippen LogP contribution in [0.3, 0.4) is 0 Å². The lowest BCUT2D eigenvalue weighted by atomic mass is 10.1. The Bertz CT molecular complexity index is 243. The predicted molar refractivity (Wildman–Crippen MR) is 75.9 cm³/mol. The van der Waals surface area contributed by atoms with E-state index >= 15 is 0 Å². The molecule has 0 spiro atoms. The highest BCUT2D eigenvalue weighted by atomic mass is 16.5. The average molecular weight is 254 g/mol. The second kappa shape index (κ2) is 6.88. The van der Waals surface area contributed by atoms with Gasteiger partial charge in [0.05, 0.1) is 12.2 Å². The number of nitrogens with zero attached hydrogens (tertiary/aromatic N) is 1. The first-order chi connectivity index (χ1) is 8.69. The van der Waals surface area contributed by atoms with Crippen molar-refractivity contribution in [3.05, 3.63) is 0 Å². The maximum atomic E-state index is 6.13. The zero-order valence-corrected chi connectivity index (χ0v) is 12.3. The van der Waals surface area contributed by atoms with Crippen molar-refractivity contribution in [3.8, 4) is 0 Å². The molecular formula is C15H30N2O. The van der Waals surface area contributed by atoms with Gasteiger partial charge in [-0.15, -0.1) is 0 Å². The van der Waals surface area contributed by atoms with Gasteiger partial charge in [-0.2, -0.15) is 0 Å². The summed E-state index contributed by atoms with van der Waals surface area (Å²) in [6.07, 6.45) is 8.69. The van der Waals surface area contributed by atoms with Crippen LogP contribution in [-0.4, -0.2) is 49.3 Å². The molecule has 1 aliphatic heterocycles. The average Bonchev–Trinajstić information content (AvgIpc) is 3.08. The van der Waals surface area contributed by atoms with Gasteiger partial charge in [0.25, 0.3) is 0 Å². The topological polar surface area (TPSA) is 24.5 Å². The van der Waals surface area contributed by atoms with E-state index in [2.05, 4.69) is 31.1 Å². The minimum atomic E-state index is 0.459. The Morgan fingerprint density at radius 1 is 1.22 bits per heavy atom. The minimum Gasteiger partial charge on any atom is -0.372 e. The van der Waals surface area contributed by atoms with Gasteiger partial charge in [0.15, 0.2) is 0 Å². The van der Waals surface area contributed by atoms with E-state index < -0.39 is 0 Å². The van der Waals surface area contributed by atoms with Gasteiger partial charge in [0.1, 0.15) is 0 Å². The van der Waals surface area contributed by atoms with E-state index in [1.54, 1.807) is 0 Å². The number of ether oxygens (including phenoxy) is 1. The second-order valence-electron chi connectivity index (χ2n) is 6.22. The van der Waals surface area contributed by atoms with Crippen molar-refractivity contribution in [2.24, 2.45) is 0 Å². The van der Waals surface area contributed by atoms with E-state index in [1.807, 2.05) is 0 Å². The number of likely N-dealkylation sites (N-methyl/N-ethyl adjacent to an activating group) is 1. The molecule has 1 aliphatic carbocycles. The Hall–Kier alpha value is -0.120. The fraction of sp³-hybridized carbons (Fsp3) is 1.00. The van der Waals surface area contributed by atoms with E-state index in [-0.39, 0.29) is 0 Å². The Labute approximate surface area is 112 Å². The Balaban J connectivity index is 1.61. The molecule has 18 heavy (non-hydrogen) atoms. The summed E-state index contributed by atoms with van der Waals surface area (Å²) in [5.74, 6) is 0. The van der Waals surface area contributed by atoms with Crippen LogP contribution in [-0.2, 0) is 4.74 Å². The molecular weight excluding hydrogens is 224 g/mol. The molecule has 3 heteroatoms. The fourth-order valence-corrected chi connectivity index (χ4v) is 2.79. The number of nitrogens with one attached hydrogen (secondary N) is 1. The Morgan fingerprint density at radius 3 is 2.61 bits per heavy atom. The molecule has 1 saturated carbocycles. The van der Waals surface area contributed by atoms with Crippen LogP contribution < -0.4 is 5.32 Å². The molecule has 3 atom stereocenters. The molecule has 1 N–H and O–H groups in total. The highest BCUT2D eigenvalue weighted by molar-refractivity contribution is 4.84. The Morgan fingerprint density at radius 2 is 1.94 bits per heavy atom. The zero-order valence-electron chi connectivity index (χ0n) is 12.3. The van der Waals surface area contributed by atoms with E-state index in [4.69, 9.17) is 4.74 Å². The zero-order chi connectivity index (χ0) is 13.0. The predicted octanol–water partition coefficient (Wildman–Crippen LogP) is 2.41. The van der Waals surface area contributed by atoms with Gasteiger partial charge < -0.3 is 15.0 Å². The molecule has 3 unspecified atom stereocenters. The number of rotatable bonds is 8. The molecule has 0 bridgehead atoms. The molecule has 1 heterocycles. The first-order valence-electron chi connectivity index (χ1n) is 7.78. The maximum Gasteiger partial charge on any atom is 0.0707 e. The molecule has 106 valence electrons. The monoisotopic (exact) mass is 254 g/mol. The highest BCUT2D eigenvalue weighted by Crippen LogP contribution is 2.23. The van der Waals surface area contributed by atoms with Crippen LogP contribution in [0.15, 0.2) is 0 Å². The van der Waals surface area contributed by atoms with Crippen molar-refractivity contribution in [2.45, 2.75) is 76.7 Å². The quantitative estimate of drug-likeness (QED) is 0.720. The van der Waals surface area contributed by atoms with Crippen LogP contribution in [0.2, 0.25) is 0 Å². The maximum absolute atomic E-state index is 6.13. The summed E-state index contributed by atoms with van der Waals surface area (Å²) in [7, 11) is 2.24. The molecule has 0 aromatic heterocycles. The largest absolute Gasteiger partial charge is 0.372 e. The summed E-state index contributed by atoms with van der Waals surface area (Å²) in [4.78, 5) is 2.46. The SMILES string of the molecule is CCCC(C)N(C)CC1CCC(CNC2CC2)O1. The lowest BCUT2D eigenvalue weighted by molar-refractivity contribution is 0.0211. The van der Waals surface area contributed by atoms with E-state index in [9.17, 15) is 0 Å². The van der Waals surface area contributed by atoms with Gasteiger partial charge in [0, 0.05) is 25.2 Å². The summed E-state index contributed by atoms with van der Waals surface area (Å²) < 4.78 is 6.13. The van der Waals surface area contributed by atoms with Gasteiger partial charge in [-0.3, -0.25) is 0 Å². The molecule has 0 aromatic rings. The lowest BCUT2D eigenvalue weighted by Crippen LogP contribution is -2.36. The van der Waals surface area contributed by atoms with Crippen molar-refractivity contribution < 1.29 is 4.74 Å². The van der Waals surface area contributed by atoms with Gasteiger partial charge in [-0.25, -0.2) is 0 Å². The molecule has 0 aromatic carbocycles. The first kappa shape index (κ1) is 14.3. The molecule has 1 saturated heterocycles. The van der Waals surface area contributed by atoms with Crippen LogP contribution in [0.5, 0.6) is 0 Å². The third-order valence-corrected chi connectivity index (χ3v) is 4.36. The van der Waals surface area contributed by atoms with Crippen LogP contribution in [0, 0.1) is 0 Å². The smallest absolute Gasteiger partial charge is 0.0707 e. The molecule has 0 amide bonds. The van der Waals surface area contributed by atoms with Gasteiger partial charge >= 0.3 is 0 Å². The summed E-state index contributed by atoms with van der Waals surface area (Å²) >= 11 is 0. The normalized spacial score (nSPS) is 30.0. The van der Waals surface area contributed by atoms with Crippen LogP contribution in [0.25, 0.3) is 0 Å². The van der Waals surface area contributed by atoms with Gasteiger partial charge in [-0.1, -0.05) is 13.3 Å². The third kappa shape index (κ3) is 4.52. The van der Waals surface area contributed by atoms with Crippen LogP contribution in [0.1, 0.15) is 52.4 Å². The van der Waals surface area contributed by atoms with E-state index in [0.717, 1.165) is 19.1 Å². The van der Waals surface area contributed by atoms with Crippen LogP contribution >= 0.6 is 0 Å². The van der Waals surface area contributed by atoms with E-state index in [0.29, 0.717) is 18.2 Å².